The van der Waals surface area contributed by atoms with E-state index in [1.54, 1.807) is 0 Å². The first-order valence-corrected chi connectivity index (χ1v) is 6.37. The van der Waals surface area contributed by atoms with Crippen LogP contribution in [0.25, 0.3) is 11.1 Å². The van der Waals surface area contributed by atoms with Crippen LogP contribution in [0.4, 0.5) is 0 Å². The molecule has 0 spiro atoms. The summed E-state index contributed by atoms with van der Waals surface area (Å²) in [6.07, 6.45) is 0. The summed E-state index contributed by atoms with van der Waals surface area (Å²) in [4.78, 5) is 0. The van der Waals surface area contributed by atoms with Crippen LogP contribution in [0.1, 0.15) is 26.5 Å². The fourth-order valence-electron chi connectivity index (χ4n) is 1.52. The SMILES string of the molecule is CC(C)(C)c1cc(-c2ccccc2)cpn1. The average Bonchev–Trinajstić information content (AvgIpc) is 2.29. The topological polar surface area (TPSA) is 12.9 Å². The minimum atomic E-state index is 0.126. The molecule has 2 heteroatoms. The van der Waals surface area contributed by atoms with E-state index in [4.69, 9.17) is 0 Å². The van der Waals surface area contributed by atoms with E-state index in [1.807, 2.05) is 6.07 Å². The lowest BCUT2D eigenvalue weighted by molar-refractivity contribution is 0.574. The van der Waals surface area contributed by atoms with Crippen LogP contribution in [-0.2, 0) is 5.41 Å². The van der Waals surface area contributed by atoms with Crippen molar-refractivity contribution >= 4 is 8.35 Å². The van der Waals surface area contributed by atoms with Crippen LogP contribution in [0.15, 0.2) is 42.2 Å². The zero-order chi connectivity index (χ0) is 11.6. The van der Waals surface area contributed by atoms with Gasteiger partial charge in [0.05, 0.1) is 5.69 Å². The normalized spacial score (nSPS) is 11.9. The van der Waals surface area contributed by atoms with Crippen molar-refractivity contribution in [3.8, 4) is 11.1 Å². The first kappa shape index (κ1) is 11.3. The van der Waals surface area contributed by atoms with Gasteiger partial charge in [-0.2, -0.15) is 0 Å². The standard InChI is InChI=1S/C14H16NP/c1-14(2,3)13-9-12(10-16-15-13)11-7-5-4-6-8-11/h4-10H,1-3H3. The highest BCUT2D eigenvalue weighted by molar-refractivity contribution is 7.24. The largest absolute Gasteiger partial charge is 0.232 e. The average molecular weight is 229 g/mol. The lowest BCUT2D eigenvalue weighted by Gasteiger charge is -2.17. The van der Waals surface area contributed by atoms with Gasteiger partial charge >= 0.3 is 0 Å². The highest BCUT2D eigenvalue weighted by Gasteiger charge is 2.15. The Balaban J connectivity index is 2.45. The minimum Gasteiger partial charge on any atom is -0.232 e. The zero-order valence-corrected chi connectivity index (χ0v) is 10.8. The molecule has 0 N–H and O–H groups in total. The Kier molecular flexibility index (Phi) is 3.07. The lowest BCUT2D eigenvalue weighted by atomic mass is 9.91. The van der Waals surface area contributed by atoms with Crippen molar-refractivity contribution in [3.63, 3.8) is 0 Å². The van der Waals surface area contributed by atoms with Crippen LogP contribution in [0.3, 0.4) is 0 Å². The van der Waals surface area contributed by atoms with Gasteiger partial charge in [-0.15, -0.1) is 0 Å². The Hall–Kier alpha value is -1.20. The van der Waals surface area contributed by atoms with E-state index in [2.05, 4.69) is 61.6 Å². The molecule has 0 aliphatic carbocycles. The van der Waals surface area contributed by atoms with Gasteiger partial charge in [0.1, 0.15) is 0 Å². The summed E-state index contributed by atoms with van der Waals surface area (Å²) in [7, 11) is 1.04. The molecule has 0 fully saturated rings. The number of hydrogen-bond donors (Lipinski definition) is 0. The van der Waals surface area contributed by atoms with Gasteiger partial charge < -0.3 is 0 Å². The van der Waals surface area contributed by atoms with Crippen LogP contribution in [-0.4, -0.2) is 4.75 Å². The maximum Gasteiger partial charge on any atom is 0.0512 e. The molecule has 2 aromatic rings. The number of hydrogen-bond acceptors (Lipinski definition) is 1. The van der Waals surface area contributed by atoms with Gasteiger partial charge in [-0.1, -0.05) is 51.1 Å². The van der Waals surface area contributed by atoms with Gasteiger partial charge in [-0.05, 0) is 23.0 Å². The summed E-state index contributed by atoms with van der Waals surface area (Å²) in [5.41, 5.74) is 3.85. The molecule has 0 bridgehead atoms. The van der Waals surface area contributed by atoms with Gasteiger partial charge in [-0.25, -0.2) is 4.75 Å². The second kappa shape index (κ2) is 4.35. The Morgan fingerprint density at radius 2 is 1.69 bits per heavy atom. The van der Waals surface area contributed by atoms with E-state index in [1.165, 1.54) is 16.8 Å². The van der Waals surface area contributed by atoms with Crippen molar-refractivity contribution < 1.29 is 0 Å². The molecule has 0 saturated heterocycles. The molecule has 1 heterocycles. The van der Waals surface area contributed by atoms with Crippen LogP contribution in [0.5, 0.6) is 0 Å². The minimum absolute atomic E-state index is 0.126. The summed E-state index contributed by atoms with van der Waals surface area (Å²) in [5.74, 6) is 2.16. The van der Waals surface area contributed by atoms with Gasteiger partial charge in [0.15, 0.2) is 0 Å². The third-order valence-electron chi connectivity index (χ3n) is 2.53. The summed E-state index contributed by atoms with van der Waals surface area (Å²) < 4.78 is 4.53. The summed E-state index contributed by atoms with van der Waals surface area (Å²) in [6, 6.07) is 12.7. The maximum absolute atomic E-state index is 4.53. The summed E-state index contributed by atoms with van der Waals surface area (Å²) in [5, 5.41) is 0. The molecule has 0 atom stereocenters. The second-order valence-corrected chi connectivity index (χ2v) is 5.63. The van der Waals surface area contributed by atoms with Crippen molar-refractivity contribution in [2.75, 3.05) is 0 Å². The maximum atomic E-state index is 4.53. The predicted octanol–water partition coefficient (Wildman–Crippen LogP) is 4.63. The Morgan fingerprint density at radius 1 is 1.00 bits per heavy atom. The molecule has 1 nitrogen and oxygen atoms in total. The monoisotopic (exact) mass is 229 g/mol. The lowest BCUT2D eigenvalue weighted by Crippen LogP contribution is -2.12. The van der Waals surface area contributed by atoms with Gasteiger partial charge in [-0.3, -0.25) is 0 Å². The van der Waals surface area contributed by atoms with E-state index >= 15 is 0 Å². The van der Waals surface area contributed by atoms with E-state index in [0.29, 0.717) is 0 Å². The Labute approximate surface area is 98.7 Å². The van der Waals surface area contributed by atoms with Crippen LogP contribution in [0.2, 0.25) is 0 Å². The molecule has 2 rings (SSSR count). The predicted molar refractivity (Wildman–Crippen MR) is 70.9 cm³/mol. The molecule has 16 heavy (non-hydrogen) atoms. The molecule has 0 aliphatic heterocycles. The van der Waals surface area contributed by atoms with Crippen molar-refractivity contribution in [3.05, 3.63) is 47.9 Å². The smallest absolute Gasteiger partial charge is 0.0512 e. The van der Waals surface area contributed by atoms with Crippen LogP contribution < -0.4 is 0 Å². The summed E-state index contributed by atoms with van der Waals surface area (Å²) >= 11 is 0. The number of aromatic nitrogens is 1. The van der Waals surface area contributed by atoms with E-state index < -0.39 is 0 Å². The van der Waals surface area contributed by atoms with Crippen LogP contribution >= 0.6 is 8.35 Å². The van der Waals surface area contributed by atoms with E-state index in [-0.39, 0.29) is 5.41 Å². The molecule has 82 valence electrons. The number of rotatable bonds is 1. The van der Waals surface area contributed by atoms with E-state index in [9.17, 15) is 0 Å². The molecule has 0 unspecified atom stereocenters. The molecule has 1 aromatic carbocycles. The molecule has 0 amide bonds. The molecule has 0 radical (unpaired) electrons. The second-order valence-electron chi connectivity index (χ2n) is 4.95. The molecular formula is C14H16NP. The van der Waals surface area contributed by atoms with Crippen molar-refractivity contribution in [2.45, 2.75) is 26.2 Å². The molecule has 1 aromatic heterocycles. The van der Waals surface area contributed by atoms with Crippen molar-refractivity contribution in [2.24, 2.45) is 0 Å². The highest BCUT2D eigenvalue weighted by Crippen LogP contribution is 2.28. The third kappa shape index (κ3) is 2.48. The fraction of sp³-hybridized carbons (Fsp3) is 0.286. The van der Waals surface area contributed by atoms with Crippen molar-refractivity contribution in [1.82, 2.24) is 4.75 Å². The number of nitrogens with zero attached hydrogens (tertiary/aromatic N) is 1. The van der Waals surface area contributed by atoms with E-state index in [0.717, 1.165) is 8.35 Å². The zero-order valence-electron chi connectivity index (χ0n) is 9.94. The van der Waals surface area contributed by atoms with Gasteiger partial charge in [0, 0.05) is 13.8 Å². The third-order valence-corrected chi connectivity index (χ3v) is 3.25. The first-order valence-electron chi connectivity index (χ1n) is 5.46. The van der Waals surface area contributed by atoms with Crippen molar-refractivity contribution in [1.29, 1.82) is 0 Å². The first-order chi connectivity index (χ1) is 7.57. The molecule has 0 aliphatic rings. The number of benzene rings is 1. The highest BCUT2D eigenvalue weighted by atomic mass is 31.0. The Morgan fingerprint density at radius 3 is 2.31 bits per heavy atom. The molecular weight excluding hydrogens is 213 g/mol. The van der Waals surface area contributed by atoms with Gasteiger partial charge in [0.2, 0.25) is 0 Å². The van der Waals surface area contributed by atoms with Gasteiger partial charge in [0.25, 0.3) is 0 Å². The summed E-state index contributed by atoms with van der Waals surface area (Å²) in [6.45, 7) is 6.60. The Bertz CT molecular complexity index is 472. The molecule has 0 saturated carbocycles. The fourth-order valence-corrected chi connectivity index (χ4v) is 2.41. The quantitative estimate of drug-likeness (QED) is 0.695. The van der Waals surface area contributed by atoms with Crippen LogP contribution in [0, 0.1) is 0 Å².